The molecule has 26 heavy (non-hydrogen) atoms. The maximum atomic E-state index is 12.4. The Morgan fingerprint density at radius 1 is 1.04 bits per heavy atom. The number of methoxy groups -OCH3 is 1. The summed E-state index contributed by atoms with van der Waals surface area (Å²) in [5.41, 5.74) is -0.0560. The number of Topliss-reactive ketones (excluding diaryl/α,β-unsaturated/α-hetero) is 1. The highest BCUT2D eigenvalue weighted by Crippen LogP contribution is 2.17. The summed E-state index contributed by atoms with van der Waals surface area (Å²) in [6.45, 7) is 1.48. The third-order valence-corrected chi connectivity index (χ3v) is 3.92. The van der Waals surface area contributed by atoms with Crippen LogP contribution in [0.3, 0.4) is 0 Å². The fraction of sp³-hybridized carbons (Fsp3) is 0.158. The van der Waals surface area contributed by atoms with Crippen LogP contribution in [0.1, 0.15) is 27.8 Å². The summed E-state index contributed by atoms with van der Waals surface area (Å²) in [5, 5.41) is 6.73. The van der Waals surface area contributed by atoms with E-state index in [1.807, 2.05) is 0 Å². The van der Waals surface area contributed by atoms with Crippen LogP contribution in [0.2, 0.25) is 0 Å². The highest BCUT2D eigenvalue weighted by Gasteiger charge is 2.23. The zero-order valence-corrected chi connectivity index (χ0v) is 14.2. The summed E-state index contributed by atoms with van der Waals surface area (Å²) in [6.07, 6.45) is -1.01. The van der Waals surface area contributed by atoms with Crippen molar-refractivity contribution >= 4 is 22.5 Å². The van der Waals surface area contributed by atoms with Crippen molar-refractivity contribution in [1.82, 2.24) is 10.2 Å². The van der Waals surface area contributed by atoms with Crippen molar-refractivity contribution in [3.8, 4) is 5.75 Å². The highest BCUT2D eigenvalue weighted by atomic mass is 16.5. The van der Waals surface area contributed by atoms with Gasteiger partial charge in [0.05, 0.1) is 12.5 Å². The first kappa shape index (κ1) is 17.3. The molecular weight excluding hydrogens is 336 g/mol. The van der Waals surface area contributed by atoms with E-state index in [1.54, 1.807) is 48.5 Å². The van der Waals surface area contributed by atoms with Gasteiger partial charge in [-0.3, -0.25) is 9.59 Å². The number of rotatable bonds is 5. The quantitative estimate of drug-likeness (QED) is 0.559. The molecule has 3 rings (SSSR count). The lowest BCUT2D eigenvalue weighted by atomic mass is 10.1. The number of ether oxygens (including phenoxy) is 2. The van der Waals surface area contributed by atoms with Crippen LogP contribution in [0.4, 0.5) is 0 Å². The number of carbonyl (C=O) groups is 2. The number of benzene rings is 2. The molecule has 7 nitrogen and oxygen atoms in total. The third-order valence-electron chi connectivity index (χ3n) is 3.92. The monoisotopic (exact) mass is 352 g/mol. The standard InChI is InChI=1S/C19H16N2O5/c1-11(17(22)12-7-9-13(25-2)10-8-12)26-19(24)16-14-5-3-4-6-15(14)18(23)21-20-16/h3-11H,1-2H3,(H,21,23)/t11-/m0/s1. The predicted octanol–water partition coefficient (Wildman–Crippen LogP) is 2.36. The number of H-pyrrole nitrogens is 1. The Morgan fingerprint density at radius 2 is 1.69 bits per heavy atom. The Labute approximate surface area is 148 Å². The van der Waals surface area contributed by atoms with Crippen molar-refractivity contribution in [2.75, 3.05) is 7.11 Å². The van der Waals surface area contributed by atoms with Gasteiger partial charge in [0.15, 0.2) is 11.8 Å². The number of aromatic amines is 1. The molecular formula is C19H16N2O5. The second-order valence-electron chi connectivity index (χ2n) is 5.59. The lowest BCUT2D eigenvalue weighted by molar-refractivity contribution is 0.0314. The number of esters is 1. The average molecular weight is 352 g/mol. The summed E-state index contributed by atoms with van der Waals surface area (Å²) in [5.74, 6) is -0.517. The van der Waals surface area contributed by atoms with Crippen molar-refractivity contribution in [2.45, 2.75) is 13.0 Å². The predicted molar refractivity (Wildman–Crippen MR) is 94.6 cm³/mol. The Kier molecular flexibility index (Phi) is 4.79. The van der Waals surface area contributed by atoms with Crippen molar-refractivity contribution in [2.24, 2.45) is 0 Å². The fourth-order valence-corrected chi connectivity index (χ4v) is 2.53. The third kappa shape index (κ3) is 3.32. The molecule has 132 valence electrons. The van der Waals surface area contributed by atoms with Gasteiger partial charge < -0.3 is 9.47 Å². The van der Waals surface area contributed by atoms with Gasteiger partial charge in [0, 0.05) is 10.9 Å². The number of nitrogens with zero attached hydrogens (tertiary/aromatic N) is 1. The topological polar surface area (TPSA) is 98.3 Å². The van der Waals surface area contributed by atoms with E-state index in [9.17, 15) is 14.4 Å². The molecule has 1 N–H and O–H groups in total. The number of hydrogen-bond donors (Lipinski definition) is 1. The van der Waals surface area contributed by atoms with E-state index < -0.39 is 17.6 Å². The lowest BCUT2D eigenvalue weighted by Crippen LogP contribution is -2.26. The molecule has 3 aromatic rings. The normalized spacial score (nSPS) is 11.8. The van der Waals surface area contributed by atoms with Crippen molar-refractivity contribution < 1.29 is 19.1 Å². The molecule has 0 amide bonds. The van der Waals surface area contributed by atoms with Gasteiger partial charge in [-0.25, -0.2) is 9.89 Å². The number of hydrogen-bond acceptors (Lipinski definition) is 6. The summed E-state index contributed by atoms with van der Waals surface area (Å²) in [7, 11) is 1.53. The number of nitrogens with one attached hydrogen (secondary N) is 1. The summed E-state index contributed by atoms with van der Waals surface area (Å²) >= 11 is 0. The van der Waals surface area contributed by atoms with Gasteiger partial charge >= 0.3 is 5.97 Å². The number of ketones is 1. The SMILES string of the molecule is COc1ccc(C(=O)[C@H](C)OC(=O)c2n[nH]c(=O)c3ccccc23)cc1. The molecule has 0 saturated carbocycles. The molecule has 0 unspecified atom stereocenters. The molecule has 1 heterocycles. The van der Waals surface area contributed by atoms with Gasteiger partial charge in [0.25, 0.3) is 5.56 Å². The van der Waals surface area contributed by atoms with E-state index in [-0.39, 0.29) is 11.5 Å². The maximum Gasteiger partial charge on any atom is 0.360 e. The largest absolute Gasteiger partial charge is 0.497 e. The molecule has 0 aliphatic rings. The van der Waals surface area contributed by atoms with E-state index in [2.05, 4.69) is 10.2 Å². The molecule has 1 aromatic heterocycles. The molecule has 2 aromatic carbocycles. The summed E-state index contributed by atoms with van der Waals surface area (Å²) in [6, 6.07) is 13.0. The summed E-state index contributed by atoms with van der Waals surface area (Å²) < 4.78 is 10.3. The molecule has 0 saturated heterocycles. The van der Waals surface area contributed by atoms with Gasteiger partial charge in [0.2, 0.25) is 5.78 Å². The summed E-state index contributed by atoms with van der Waals surface area (Å²) in [4.78, 5) is 36.7. The van der Waals surface area contributed by atoms with E-state index in [4.69, 9.17) is 9.47 Å². The van der Waals surface area contributed by atoms with Crippen LogP contribution < -0.4 is 10.3 Å². The fourth-order valence-electron chi connectivity index (χ4n) is 2.53. The van der Waals surface area contributed by atoms with Crippen LogP contribution >= 0.6 is 0 Å². The number of fused-ring (bicyclic) bond motifs is 1. The van der Waals surface area contributed by atoms with Gasteiger partial charge in [-0.2, -0.15) is 5.10 Å². The highest BCUT2D eigenvalue weighted by molar-refractivity contribution is 6.05. The molecule has 0 aliphatic heterocycles. The van der Waals surface area contributed by atoms with Gasteiger partial charge in [-0.05, 0) is 37.3 Å². The molecule has 7 heteroatoms. The second kappa shape index (κ2) is 7.18. The number of aromatic nitrogens is 2. The first-order valence-corrected chi connectivity index (χ1v) is 7.88. The first-order chi connectivity index (χ1) is 12.5. The minimum Gasteiger partial charge on any atom is -0.497 e. The molecule has 0 radical (unpaired) electrons. The van der Waals surface area contributed by atoms with E-state index in [0.29, 0.717) is 22.1 Å². The van der Waals surface area contributed by atoms with Crippen molar-refractivity contribution in [3.05, 3.63) is 70.1 Å². The molecule has 0 aliphatic carbocycles. The zero-order chi connectivity index (χ0) is 18.7. The van der Waals surface area contributed by atoms with Crippen LogP contribution in [-0.2, 0) is 4.74 Å². The van der Waals surface area contributed by atoms with Crippen LogP contribution in [-0.4, -0.2) is 35.2 Å². The van der Waals surface area contributed by atoms with Crippen LogP contribution in [0.5, 0.6) is 5.75 Å². The Balaban J connectivity index is 1.82. The smallest absolute Gasteiger partial charge is 0.360 e. The minimum absolute atomic E-state index is 0.0467. The van der Waals surface area contributed by atoms with Crippen LogP contribution in [0.25, 0.3) is 10.8 Å². The zero-order valence-electron chi connectivity index (χ0n) is 14.2. The van der Waals surface area contributed by atoms with Crippen molar-refractivity contribution in [3.63, 3.8) is 0 Å². The first-order valence-electron chi connectivity index (χ1n) is 7.88. The van der Waals surface area contributed by atoms with E-state index in [1.165, 1.54) is 14.0 Å². The van der Waals surface area contributed by atoms with Gasteiger partial charge in [-0.1, -0.05) is 18.2 Å². The molecule has 1 atom stereocenters. The second-order valence-corrected chi connectivity index (χ2v) is 5.59. The Bertz CT molecular complexity index is 1020. The Morgan fingerprint density at radius 3 is 2.35 bits per heavy atom. The molecule has 0 bridgehead atoms. The lowest BCUT2D eigenvalue weighted by Gasteiger charge is -2.13. The average Bonchev–Trinajstić information content (AvgIpc) is 2.67. The number of carbonyl (C=O) groups excluding carboxylic acids is 2. The van der Waals surface area contributed by atoms with Gasteiger partial charge in [-0.15, -0.1) is 0 Å². The Hall–Kier alpha value is -3.48. The molecule has 0 spiro atoms. The minimum atomic E-state index is -1.01. The van der Waals surface area contributed by atoms with Crippen LogP contribution in [0, 0.1) is 0 Å². The van der Waals surface area contributed by atoms with E-state index >= 15 is 0 Å². The van der Waals surface area contributed by atoms with Crippen LogP contribution in [0.15, 0.2) is 53.3 Å². The maximum absolute atomic E-state index is 12.4. The molecule has 0 fully saturated rings. The van der Waals surface area contributed by atoms with E-state index in [0.717, 1.165) is 0 Å². The van der Waals surface area contributed by atoms with Gasteiger partial charge in [0.1, 0.15) is 5.75 Å². The van der Waals surface area contributed by atoms with Crippen molar-refractivity contribution in [1.29, 1.82) is 0 Å².